The molecule has 3 aromatic rings. The maximum Gasteiger partial charge on any atom is 0.258 e. The summed E-state index contributed by atoms with van der Waals surface area (Å²) in [6, 6.07) is 8.98. The molecule has 3 rings (SSSR count). The molecule has 2 N–H and O–H groups in total. The first-order valence-corrected chi connectivity index (χ1v) is 8.57. The molecule has 0 saturated heterocycles. The van der Waals surface area contributed by atoms with Gasteiger partial charge in [-0.2, -0.15) is 0 Å². The van der Waals surface area contributed by atoms with Crippen LogP contribution in [0.3, 0.4) is 0 Å². The number of rotatable bonds is 5. The van der Waals surface area contributed by atoms with E-state index in [1.807, 2.05) is 32.0 Å². The maximum absolute atomic E-state index is 12.7. The van der Waals surface area contributed by atoms with E-state index in [-0.39, 0.29) is 11.5 Å². The second-order valence-electron chi connectivity index (χ2n) is 6.16. The van der Waals surface area contributed by atoms with Crippen LogP contribution in [-0.4, -0.2) is 22.0 Å². The number of pyridine rings is 1. The molecular formula is C20H20N4O3. The molecule has 0 saturated carbocycles. The van der Waals surface area contributed by atoms with Crippen LogP contribution in [0.4, 0.5) is 11.5 Å². The van der Waals surface area contributed by atoms with Gasteiger partial charge in [0.1, 0.15) is 5.76 Å². The van der Waals surface area contributed by atoms with Crippen LogP contribution in [-0.2, 0) is 6.42 Å². The van der Waals surface area contributed by atoms with Gasteiger partial charge < -0.3 is 15.2 Å². The van der Waals surface area contributed by atoms with Gasteiger partial charge in [0.2, 0.25) is 0 Å². The van der Waals surface area contributed by atoms with E-state index >= 15 is 0 Å². The largest absolute Gasteiger partial charge is 0.360 e. The summed E-state index contributed by atoms with van der Waals surface area (Å²) in [5.41, 5.74) is 3.36. The summed E-state index contributed by atoms with van der Waals surface area (Å²) < 4.78 is 4.92. The number of anilines is 2. The lowest BCUT2D eigenvalue weighted by atomic mass is 10.1. The van der Waals surface area contributed by atoms with Gasteiger partial charge in [0.25, 0.3) is 11.8 Å². The van der Waals surface area contributed by atoms with Gasteiger partial charge in [0.15, 0.2) is 5.82 Å². The van der Waals surface area contributed by atoms with Crippen molar-refractivity contribution in [3.63, 3.8) is 0 Å². The molecule has 2 amide bonds. The molecule has 0 unspecified atom stereocenters. The fraction of sp³-hybridized carbons (Fsp3) is 0.200. The number of carbonyl (C=O) groups is 2. The van der Waals surface area contributed by atoms with Gasteiger partial charge in [-0.3, -0.25) is 14.6 Å². The summed E-state index contributed by atoms with van der Waals surface area (Å²) in [6.45, 7) is 5.70. The maximum atomic E-state index is 12.7. The highest BCUT2D eigenvalue weighted by Gasteiger charge is 2.15. The summed E-state index contributed by atoms with van der Waals surface area (Å²) in [5, 5.41) is 9.25. The van der Waals surface area contributed by atoms with E-state index in [0.717, 1.165) is 23.2 Å². The highest BCUT2D eigenvalue weighted by Crippen LogP contribution is 2.22. The fourth-order valence-corrected chi connectivity index (χ4v) is 2.69. The molecule has 0 aliphatic heterocycles. The number of benzene rings is 1. The first kappa shape index (κ1) is 18.3. The third kappa shape index (κ3) is 4.20. The molecule has 0 bridgehead atoms. The minimum atomic E-state index is -0.421. The van der Waals surface area contributed by atoms with Crippen molar-refractivity contribution in [3.8, 4) is 0 Å². The minimum Gasteiger partial charge on any atom is -0.360 e. The first-order valence-electron chi connectivity index (χ1n) is 8.57. The van der Waals surface area contributed by atoms with Crippen LogP contribution in [0, 0.1) is 13.8 Å². The quantitative estimate of drug-likeness (QED) is 0.718. The van der Waals surface area contributed by atoms with E-state index in [0.29, 0.717) is 17.1 Å². The summed E-state index contributed by atoms with van der Waals surface area (Å²) in [4.78, 5) is 29.0. The van der Waals surface area contributed by atoms with Gasteiger partial charge in [-0.25, -0.2) is 0 Å². The lowest BCUT2D eigenvalue weighted by Gasteiger charge is -2.13. The number of hydrogen-bond acceptors (Lipinski definition) is 5. The SMILES string of the molecule is CCc1cccc(C)c1NC(=O)c1cncc(C(=O)Nc2cc(C)on2)c1. The van der Waals surface area contributed by atoms with Crippen LogP contribution in [0.1, 0.15) is 44.5 Å². The van der Waals surface area contributed by atoms with Crippen LogP contribution in [0.5, 0.6) is 0 Å². The Balaban J connectivity index is 1.79. The van der Waals surface area contributed by atoms with E-state index in [1.165, 1.54) is 18.5 Å². The van der Waals surface area contributed by atoms with Gasteiger partial charge in [-0.15, -0.1) is 0 Å². The van der Waals surface area contributed by atoms with Crippen molar-refractivity contribution in [3.05, 3.63) is 70.7 Å². The smallest absolute Gasteiger partial charge is 0.258 e. The Kier molecular flexibility index (Phi) is 5.30. The highest BCUT2D eigenvalue weighted by atomic mass is 16.5. The number of aryl methyl sites for hydroxylation is 3. The summed E-state index contributed by atoms with van der Waals surface area (Å²) in [5.74, 6) is 0.149. The monoisotopic (exact) mass is 364 g/mol. The third-order valence-electron chi connectivity index (χ3n) is 4.11. The van der Waals surface area contributed by atoms with Gasteiger partial charge >= 0.3 is 0 Å². The molecule has 7 nitrogen and oxygen atoms in total. The Morgan fingerprint density at radius 2 is 1.74 bits per heavy atom. The van der Waals surface area contributed by atoms with E-state index < -0.39 is 5.91 Å². The summed E-state index contributed by atoms with van der Waals surface area (Å²) in [7, 11) is 0. The fourth-order valence-electron chi connectivity index (χ4n) is 2.69. The number of carbonyl (C=O) groups excluding carboxylic acids is 2. The van der Waals surface area contributed by atoms with E-state index in [1.54, 1.807) is 13.0 Å². The number of para-hydroxylation sites is 1. The molecule has 2 aromatic heterocycles. The Labute approximate surface area is 156 Å². The first-order chi connectivity index (χ1) is 13.0. The molecule has 2 heterocycles. The molecule has 7 heteroatoms. The van der Waals surface area contributed by atoms with Gasteiger partial charge in [0.05, 0.1) is 11.1 Å². The van der Waals surface area contributed by atoms with Crippen molar-refractivity contribution < 1.29 is 14.1 Å². The highest BCUT2D eigenvalue weighted by molar-refractivity contribution is 6.08. The average Bonchev–Trinajstić information content (AvgIpc) is 3.08. The number of aromatic nitrogens is 2. The van der Waals surface area contributed by atoms with Crippen LogP contribution < -0.4 is 10.6 Å². The molecule has 27 heavy (non-hydrogen) atoms. The Morgan fingerprint density at radius 1 is 1.04 bits per heavy atom. The predicted molar refractivity (Wildman–Crippen MR) is 102 cm³/mol. The van der Waals surface area contributed by atoms with Crippen molar-refractivity contribution in [2.45, 2.75) is 27.2 Å². The van der Waals surface area contributed by atoms with Crippen LogP contribution in [0.2, 0.25) is 0 Å². The molecule has 138 valence electrons. The lowest BCUT2D eigenvalue weighted by Crippen LogP contribution is -2.17. The average molecular weight is 364 g/mol. The zero-order chi connectivity index (χ0) is 19.4. The molecule has 0 spiro atoms. The summed E-state index contributed by atoms with van der Waals surface area (Å²) in [6.07, 6.45) is 3.62. The molecule has 0 atom stereocenters. The molecule has 1 aromatic carbocycles. The van der Waals surface area contributed by atoms with Crippen LogP contribution >= 0.6 is 0 Å². The second kappa shape index (κ2) is 7.82. The second-order valence-corrected chi connectivity index (χ2v) is 6.16. The molecule has 0 fully saturated rings. The standard InChI is InChI=1S/C20H20N4O3/c1-4-14-7-5-6-12(2)18(14)23-20(26)16-9-15(10-21-11-16)19(25)22-17-8-13(3)27-24-17/h5-11H,4H2,1-3H3,(H,23,26)(H,22,24,25). The molecule has 0 aliphatic rings. The van der Waals surface area contributed by atoms with Crippen molar-refractivity contribution in [1.82, 2.24) is 10.1 Å². The van der Waals surface area contributed by atoms with E-state index in [9.17, 15) is 9.59 Å². The number of amides is 2. The topological polar surface area (TPSA) is 97.1 Å². The van der Waals surface area contributed by atoms with Crippen molar-refractivity contribution >= 4 is 23.3 Å². The zero-order valence-corrected chi connectivity index (χ0v) is 15.4. The number of hydrogen-bond donors (Lipinski definition) is 2. The molecular weight excluding hydrogens is 344 g/mol. The van der Waals surface area contributed by atoms with Crippen molar-refractivity contribution in [2.75, 3.05) is 10.6 Å². The van der Waals surface area contributed by atoms with Crippen LogP contribution in [0.15, 0.2) is 47.2 Å². The van der Waals surface area contributed by atoms with Crippen LogP contribution in [0.25, 0.3) is 0 Å². The van der Waals surface area contributed by atoms with Gasteiger partial charge in [-0.1, -0.05) is 30.3 Å². The van der Waals surface area contributed by atoms with Gasteiger partial charge in [0, 0.05) is 24.1 Å². The third-order valence-corrected chi connectivity index (χ3v) is 4.11. The Hall–Kier alpha value is -3.48. The van der Waals surface area contributed by atoms with Gasteiger partial charge in [-0.05, 0) is 37.5 Å². The zero-order valence-electron chi connectivity index (χ0n) is 15.4. The van der Waals surface area contributed by atoms with E-state index in [4.69, 9.17) is 4.52 Å². The predicted octanol–water partition coefficient (Wildman–Crippen LogP) is 3.75. The minimum absolute atomic E-state index is 0.254. The van der Waals surface area contributed by atoms with Crippen molar-refractivity contribution in [1.29, 1.82) is 0 Å². The van der Waals surface area contributed by atoms with E-state index in [2.05, 4.69) is 20.8 Å². The Bertz CT molecular complexity index is 994. The number of nitrogens with one attached hydrogen (secondary N) is 2. The molecule has 0 aliphatic carbocycles. The summed E-state index contributed by atoms with van der Waals surface area (Å²) >= 11 is 0. The lowest BCUT2D eigenvalue weighted by molar-refractivity contribution is 0.102. The normalized spacial score (nSPS) is 10.5. The Morgan fingerprint density at radius 3 is 2.37 bits per heavy atom. The van der Waals surface area contributed by atoms with Crippen molar-refractivity contribution in [2.24, 2.45) is 0 Å². The molecule has 0 radical (unpaired) electrons. The number of nitrogens with zero attached hydrogens (tertiary/aromatic N) is 2.